The molecule has 0 radical (unpaired) electrons. The number of hydrogen-bond donors (Lipinski definition) is 1. The maximum absolute atomic E-state index is 12.1. The van der Waals surface area contributed by atoms with Gasteiger partial charge in [0.15, 0.2) is 0 Å². The molecule has 0 aliphatic carbocycles. The van der Waals surface area contributed by atoms with Crippen molar-refractivity contribution < 1.29 is 0 Å². The Kier molecular flexibility index (Phi) is 4.29. The van der Waals surface area contributed by atoms with Crippen LogP contribution in [-0.4, -0.2) is 14.8 Å². The van der Waals surface area contributed by atoms with Crippen LogP contribution in [0, 0.1) is 0 Å². The van der Waals surface area contributed by atoms with Gasteiger partial charge in [0.05, 0.1) is 11.3 Å². The summed E-state index contributed by atoms with van der Waals surface area (Å²) in [5.41, 5.74) is 8.63. The molecule has 0 spiro atoms. The van der Waals surface area contributed by atoms with Crippen LogP contribution in [0.2, 0.25) is 0 Å². The van der Waals surface area contributed by atoms with Crippen LogP contribution in [0.5, 0.6) is 0 Å². The van der Waals surface area contributed by atoms with Crippen molar-refractivity contribution in [1.82, 2.24) is 9.78 Å². The van der Waals surface area contributed by atoms with E-state index in [-0.39, 0.29) is 10.5 Å². The smallest absolute Gasteiger partial charge is 0.277 e. The molecule has 1 aromatic carbocycles. The van der Waals surface area contributed by atoms with Gasteiger partial charge in [0, 0.05) is 12.1 Å². The quantitative estimate of drug-likeness (QED) is 0.875. The van der Waals surface area contributed by atoms with E-state index in [2.05, 4.69) is 24.2 Å². The molecule has 0 saturated carbocycles. The average Bonchev–Trinajstić information content (AvgIpc) is 2.47. The predicted octanol–water partition coefficient (Wildman–Crippen LogP) is 2.13. The Morgan fingerprint density at radius 2 is 1.95 bits per heavy atom. The van der Waals surface area contributed by atoms with Gasteiger partial charge in [0.1, 0.15) is 4.99 Å². The van der Waals surface area contributed by atoms with Gasteiger partial charge in [0.25, 0.3) is 5.56 Å². The minimum Gasteiger partial charge on any atom is -0.389 e. The Hall–Kier alpha value is -2.01. The zero-order valence-corrected chi connectivity index (χ0v) is 12.4. The van der Waals surface area contributed by atoms with Crippen LogP contribution in [0.1, 0.15) is 25.0 Å². The van der Waals surface area contributed by atoms with Crippen molar-refractivity contribution >= 4 is 17.2 Å². The molecular formula is C15H17N3OS. The fraction of sp³-hybridized carbons (Fsp3) is 0.267. The highest BCUT2D eigenvalue weighted by atomic mass is 32.1. The summed E-state index contributed by atoms with van der Waals surface area (Å²) in [4.78, 5) is 12.2. The molecule has 2 rings (SSSR count). The summed E-state index contributed by atoms with van der Waals surface area (Å²) in [5.74, 6) is 0. The van der Waals surface area contributed by atoms with Gasteiger partial charge in [-0.25, -0.2) is 4.68 Å². The molecule has 104 valence electrons. The van der Waals surface area contributed by atoms with Gasteiger partial charge in [-0.05, 0) is 25.0 Å². The van der Waals surface area contributed by atoms with Crippen molar-refractivity contribution in [1.29, 1.82) is 0 Å². The van der Waals surface area contributed by atoms with E-state index in [4.69, 9.17) is 18.0 Å². The van der Waals surface area contributed by atoms with Gasteiger partial charge in [-0.3, -0.25) is 4.79 Å². The van der Waals surface area contributed by atoms with Gasteiger partial charge in [-0.1, -0.05) is 43.4 Å². The number of aromatic nitrogens is 2. The van der Waals surface area contributed by atoms with Crippen LogP contribution < -0.4 is 11.3 Å². The van der Waals surface area contributed by atoms with Crippen LogP contribution >= 0.6 is 12.2 Å². The molecule has 4 nitrogen and oxygen atoms in total. The highest BCUT2D eigenvalue weighted by Crippen LogP contribution is 2.17. The number of thiocarbonyl (C=S) groups is 1. The number of rotatable bonds is 4. The van der Waals surface area contributed by atoms with Crippen LogP contribution in [0.4, 0.5) is 0 Å². The summed E-state index contributed by atoms with van der Waals surface area (Å²) < 4.78 is 1.39. The fourth-order valence-corrected chi connectivity index (χ4v) is 2.13. The van der Waals surface area contributed by atoms with Crippen molar-refractivity contribution in [3.8, 4) is 11.3 Å². The SMILES string of the molecule is CCc1ccc(-c2cc(C(N)=S)c(=O)n(CC)n2)cc1. The average molecular weight is 287 g/mol. The van der Waals surface area contributed by atoms with Crippen LogP contribution in [0.25, 0.3) is 11.3 Å². The molecule has 20 heavy (non-hydrogen) atoms. The lowest BCUT2D eigenvalue weighted by Gasteiger charge is -2.09. The highest BCUT2D eigenvalue weighted by Gasteiger charge is 2.11. The molecule has 2 aromatic rings. The second kappa shape index (κ2) is 5.96. The van der Waals surface area contributed by atoms with Crippen LogP contribution in [0.15, 0.2) is 35.1 Å². The molecule has 0 fully saturated rings. The van der Waals surface area contributed by atoms with Crippen molar-refractivity contribution in [2.45, 2.75) is 26.8 Å². The topological polar surface area (TPSA) is 60.9 Å². The molecule has 5 heteroatoms. The third-order valence-electron chi connectivity index (χ3n) is 3.20. The Bertz CT molecular complexity index is 689. The number of nitrogens with zero attached hydrogens (tertiary/aromatic N) is 2. The molecule has 0 atom stereocenters. The third-order valence-corrected chi connectivity index (χ3v) is 3.42. The van der Waals surface area contributed by atoms with E-state index >= 15 is 0 Å². The summed E-state index contributed by atoms with van der Waals surface area (Å²) in [6, 6.07) is 9.76. The number of benzene rings is 1. The lowest BCUT2D eigenvalue weighted by molar-refractivity contribution is 0.618. The molecule has 1 heterocycles. The van der Waals surface area contributed by atoms with Gasteiger partial charge < -0.3 is 5.73 Å². The molecule has 0 aliphatic heterocycles. The first-order valence-electron chi connectivity index (χ1n) is 6.58. The van der Waals surface area contributed by atoms with Gasteiger partial charge in [0.2, 0.25) is 0 Å². The van der Waals surface area contributed by atoms with E-state index in [1.54, 1.807) is 6.07 Å². The minimum absolute atomic E-state index is 0.103. The number of nitrogens with two attached hydrogens (primary N) is 1. The molecule has 0 aliphatic rings. The highest BCUT2D eigenvalue weighted by molar-refractivity contribution is 7.80. The maximum Gasteiger partial charge on any atom is 0.277 e. The summed E-state index contributed by atoms with van der Waals surface area (Å²) in [6.07, 6.45) is 0.986. The molecular weight excluding hydrogens is 270 g/mol. The molecule has 2 N–H and O–H groups in total. The minimum atomic E-state index is -0.242. The van der Waals surface area contributed by atoms with E-state index in [0.717, 1.165) is 12.0 Å². The summed E-state index contributed by atoms with van der Waals surface area (Å²) in [6.45, 7) is 4.45. The number of aryl methyl sites for hydroxylation is 2. The fourth-order valence-electron chi connectivity index (χ4n) is 1.98. The zero-order chi connectivity index (χ0) is 14.7. The second-order valence-electron chi connectivity index (χ2n) is 4.48. The Labute approximate surface area is 123 Å². The summed E-state index contributed by atoms with van der Waals surface area (Å²) >= 11 is 4.94. The first-order valence-corrected chi connectivity index (χ1v) is 6.99. The molecule has 0 unspecified atom stereocenters. The van der Waals surface area contributed by atoms with Crippen molar-refractivity contribution in [2.75, 3.05) is 0 Å². The van der Waals surface area contributed by atoms with E-state index in [1.165, 1.54) is 10.2 Å². The van der Waals surface area contributed by atoms with Crippen molar-refractivity contribution in [3.05, 3.63) is 51.8 Å². The second-order valence-corrected chi connectivity index (χ2v) is 4.92. The van der Waals surface area contributed by atoms with Gasteiger partial charge in [-0.2, -0.15) is 5.10 Å². The van der Waals surface area contributed by atoms with Crippen molar-refractivity contribution in [2.24, 2.45) is 5.73 Å². The zero-order valence-electron chi connectivity index (χ0n) is 11.6. The van der Waals surface area contributed by atoms with Crippen LogP contribution in [-0.2, 0) is 13.0 Å². The van der Waals surface area contributed by atoms with Crippen LogP contribution in [0.3, 0.4) is 0 Å². The standard InChI is InChI=1S/C15H17N3OS/c1-3-10-5-7-11(8-6-10)13-9-12(14(16)20)15(19)18(4-2)17-13/h5-9H,3-4H2,1-2H3,(H2,16,20). The largest absolute Gasteiger partial charge is 0.389 e. The van der Waals surface area contributed by atoms with Gasteiger partial charge in [-0.15, -0.1) is 0 Å². The first kappa shape index (κ1) is 14.4. The predicted molar refractivity (Wildman–Crippen MR) is 84.9 cm³/mol. The number of hydrogen-bond acceptors (Lipinski definition) is 3. The van der Waals surface area contributed by atoms with Gasteiger partial charge >= 0.3 is 0 Å². The van der Waals surface area contributed by atoms with E-state index < -0.39 is 0 Å². The molecule has 1 aromatic heterocycles. The Morgan fingerprint density at radius 3 is 2.45 bits per heavy atom. The monoisotopic (exact) mass is 287 g/mol. The Balaban J connectivity index is 2.58. The van der Waals surface area contributed by atoms with E-state index in [1.807, 2.05) is 19.1 Å². The normalized spacial score (nSPS) is 10.5. The first-order chi connectivity index (χ1) is 9.56. The molecule has 0 amide bonds. The summed E-state index contributed by atoms with van der Waals surface area (Å²) in [7, 11) is 0. The van der Waals surface area contributed by atoms with E-state index in [0.29, 0.717) is 17.8 Å². The summed E-state index contributed by atoms with van der Waals surface area (Å²) in [5, 5.41) is 4.35. The lowest BCUT2D eigenvalue weighted by atomic mass is 10.1. The Morgan fingerprint density at radius 1 is 1.30 bits per heavy atom. The maximum atomic E-state index is 12.1. The third kappa shape index (κ3) is 2.77. The van der Waals surface area contributed by atoms with E-state index in [9.17, 15) is 4.79 Å². The molecule has 0 saturated heterocycles. The lowest BCUT2D eigenvalue weighted by Crippen LogP contribution is -2.30. The van der Waals surface area contributed by atoms with Crippen molar-refractivity contribution in [3.63, 3.8) is 0 Å². The molecule has 0 bridgehead atoms.